The minimum Gasteiger partial charge on any atom is -0.342 e. The van der Waals surface area contributed by atoms with E-state index >= 15 is 0 Å². The lowest BCUT2D eigenvalue weighted by Crippen LogP contribution is -2.42. The second-order valence-corrected chi connectivity index (χ2v) is 6.16. The number of hydrogen-bond acceptors (Lipinski definition) is 1. The molecule has 0 spiro atoms. The van der Waals surface area contributed by atoms with Crippen molar-refractivity contribution in [1.29, 1.82) is 0 Å². The first-order valence-electron chi connectivity index (χ1n) is 5.79. The van der Waals surface area contributed by atoms with Crippen LogP contribution in [0, 0.1) is 11.3 Å². The van der Waals surface area contributed by atoms with Gasteiger partial charge in [0.15, 0.2) is 0 Å². The van der Waals surface area contributed by atoms with Gasteiger partial charge in [0.1, 0.15) is 0 Å². The van der Waals surface area contributed by atoms with Crippen LogP contribution in [0.4, 0.5) is 0 Å². The first kappa shape index (κ1) is 13.0. The Morgan fingerprint density at radius 2 is 2.07 bits per heavy atom. The van der Waals surface area contributed by atoms with Crippen LogP contribution in [0.3, 0.4) is 0 Å². The lowest BCUT2D eigenvalue weighted by atomic mass is 9.81. The van der Waals surface area contributed by atoms with Gasteiger partial charge in [-0.3, -0.25) is 4.79 Å². The van der Waals surface area contributed by atoms with Gasteiger partial charge in [0.2, 0.25) is 5.91 Å². The molecule has 1 saturated heterocycles. The van der Waals surface area contributed by atoms with Gasteiger partial charge in [-0.15, -0.1) is 0 Å². The third-order valence-corrected chi connectivity index (χ3v) is 4.05. The molecule has 0 aromatic heterocycles. The normalized spacial score (nSPS) is 20.5. The van der Waals surface area contributed by atoms with Crippen LogP contribution < -0.4 is 0 Å². The van der Waals surface area contributed by atoms with Crippen LogP contribution in [0.25, 0.3) is 0 Å². The molecule has 0 radical (unpaired) electrons. The number of carbonyl (C=O) groups is 1. The molecule has 0 aliphatic carbocycles. The highest BCUT2D eigenvalue weighted by atomic mass is 79.9. The molecular weight excluding hydrogens is 254 g/mol. The van der Waals surface area contributed by atoms with Crippen LogP contribution in [0.2, 0.25) is 0 Å². The van der Waals surface area contributed by atoms with Gasteiger partial charge in [-0.25, -0.2) is 0 Å². The van der Waals surface area contributed by atoms with Gasteiger partial charge in [-0.05, 0) is 24.2 Å². The SMILES string of the molecule is CC(C)(C)C(CBr)CN1CCCCC1=O. The third-order valence-electron chi connectivity index (χ3n) is 3.27. The van der Waals surface area contributed by atoms with Gasteiger partial charge in [-0.2, -0.15) is 0 Å². The molecule has 1 amide bonds. The van der Waals surface area contributed by atoms with Crippen molar-refractivity contribution < 1.29 is 4.79 Å². The summed E-state index contributed by atoms with van der Waals surface area (Å²) in [7, 11) is 0. The van der Waals surface area contributed by atoms with E-state index in [1.165, 1.54) is 6.42 Å². The van der Waals surface area contributed by atoms with Crippen LogP contribution in [0.5, 0.6) is 0 Å². The zero-order valence-corrected chi connectivity index (χ0v) is 11.6. The van der Waals surface area contributed by atoms with Crippen molar-refractivity contribution in [3.05, 3.63) is 0 Å². The van der Waals surface area contributed by atoms with Crippen molar-refractivity contribution in [2.24, 2.45) is 11.3 Å². The molecule has 3 heteroatoms. The molecular formula is C12H22BrNO. The molecule has 0 N–H and O–H groups in total. The van der Waals surface area contributed by atoms with Gasteiger partial charge in [0.25, 0.3) is 0 Å². The standard InChI is InChI=1S/C12H22BrNO/c1-12(2,3)10(8-13)9-14-7-5-4-6-11(14)15/h10H,4-9H2,1-3H3. The van der Waals surface area contributed by atoms with Gasteiger partial charge in [0.05, 0.1) is 0 Å². The summed E-state index contributed by atoms with van der Waals surface area (Å²) < 4.78 is 0. The maximum atomic E-state index is 11.7. The van der Waals surface area contributed by atoms with Crippen molar-refractivity contribution in [2.45, 2.75) is 40.0 Å². The predicted octanol–water partition coefficient (Wildman–Crippen LogP) is 3.06. The summed E-state index contributed by atoms with van der Waals surface area (Å²) in [6.07, 6.45) is 2.99. The summed E-state index contributed by atoms with van der Waals surface area (Å²) in [6, 6.07) is 0. The summed E-state index contributed by atoms with van der Waals surface area (Å²) >= 11 is 3.56. The summed E-state index contributed by atoms with van der Waals surface area (Å²) in [4.78, 5) is 13.7. The molecule has 1 aliphatic rings. The van der Waals surface area contributed by atoms with Crippen molar-refractivity contribution >= 4 is 21.8 Å². The number of carbonyl (C=O) groups excluding carboxylic acids is 1. The molecule has 1 atom stereocenters. The maximum absolute atomic E-state index is 11.7. The van der Waals surface area contributed by atoms with Crippen LogP contribution in [-0.2, 0) is 4.79 Å². The third kappa shape index (κ3) is 3.78. The Hall–Kier alpha value is -0.0500. The molecule has 88 valence electrons. The molecule has 15 heavy (non-hydrogen) atoms. The van der Waals surface area contributed by atoms with Crippen molar-refractivity contribution in [3.8, 4) is 0 Å². The van der Waals surface area contributed by atoms with E-state index in [4.69, 9.17) is 0 Å². The molecule has 0 aromatic carbocycles. The number of likely N-dealkylation sites (tertiary alicyclic amines) is 1. The van der Waals surface area contributed by atoms with Crippen molar-refractivity contribution in [2.75, 3.05) is 18.4 Å². The van der Waals surface area contributed by atoms with E-state index in [1.807, 2.05) is 4.90 Å². The summed E-state index contributed by atoms with van der Waals surface area (Å²) in [5.41, 5.74) is 0.265. The van der Waals surface area contributed by atoms with E-state index in [9.17, 15) is 4.79 Å². The summed E-state index contributed by atoms with van der Waals surface area (Å²) in [5.74, 6) is 0.885. The zero-order chi connectivity index (χ0) is 11.5. The van der Waals surface area contributed by atoms with E-state index in [0.717, 1.165) is 31.3 Å². The fraction of sp³-hybridized carbons (Fsp3) is 0.917. The quantitative estimate of drug-likeness (QED) is 0.725. The van der Waals surface area contributed by atoms with Crippen LogP contribution >= 0.6 is 15.9 Å². The van der Waals surface area contributed by atoms with Gasteiger partial charge >= 0.3 is 0 Å². The number of amides is 1. The molecule has 1 heterocycles. The Morgan fingerprint density at radius 1 is 1.40 bits per heavy atom. The molecule has 1 fully saturated rings. The highest BCUT2D eigenvalue weighted by molar-refractivity contribution is 9.09. The van der Waals surface area contributed by atoms with E-state index in [-0.39, 0.29) is 5.41 Å². The molecule has 1 unspecified atom stereocenters. The average Bonchev–Trinajstić information content (AvgIpc) is 2.14. The topological polar surface area (TPSA) is 20.3 Å². The lowest BCUT2D eigenvalue weighted by Gasteiger charge is -2.36. The first-order chi connectivity index (χ1) is 6.95. The number of piperidine rings is 1. The Balaban J connectivity index is 2.54. The molecule has 0 bridgehead atoms. The second kappa shape index (κ2) is 5.33. The average molecular weight is 276 g/mol. The Kier molecular flexibility index (Phi) is 4.63. The minimum absolute atomic E-state index is 0.265. The molecule has 0 aromatic rings. The smallest absolute Gasteiger partial charge is 0.222 e. The molecule has 0 saturated carbocycles. The fourth-order valence-corrected chi connectivity index (χ4v) is 3.05. The van der Waals surface area contributed by atoms with E-state index in [0.29, 0.717) is 11.8 Å². The number of alkyl halides is 1. The highest BCUT2D eigenvalue weighted by Crippen LogP contribution is 2.29. The largest absolute Gasteiger partial charge is 0.342 e. The predicted molar refractivity (Wildman–Crippen MR) is 67.2 cm³/mol. The Labute approximate surface area is 102 Å². The van der Waals surface area contributed by atoms with Crippen LogP contribution in [-0.4, -0.2) is 29.2 Å². The Bertz CT molecular complexity index is 222. The summed E-state index contributed by atoms with van der Waals surface area (Å²) in [5, 5.41) is 0.972. The number of nitrogens with zero attached hydrogens (tertiary/aromatic N) is 1. The first-order valence-corrected chi connectivity index (χ1v) is 6.91. The van der Waals surface area contributed by atoms with E-state index in [1.54, 1.807) is 0 Å². The minimum atomic E-state index is 0.265. The lowest BCUT2D eigenvalue weighted by molar-refractivity contribution is -0.134. The highest BCUT2D eigenvalue weighted by Gasteiger charge is 2.28. The maximum Gasteiger partial charge on any atom is 0.222 e. The van der Waals surface area contributed by atoms with Crippen LogP contribution in [0.15, 0.2) is 0 Å². The second-order valence-electron chi connectivity index (χ2n) is 5.51. The van der Waals surface area contributed by atoms with Crippen LogP contribution in [0.1, 0.15) is 40.0 Å². The number of rotatable bonds is 3. The number of halogens is 1. The number of hydrogen-bond donors (Lipinski definition) is 0. The molecule has 1 aliphatic heterocycles. The van der Waals surface area contributed by atoms with Gasteiger partial charge in [0, 0.05) is 24.8 Å². The molecule has 1 rings (SSSR count). The Morgan fingerprint density at radius 3 is 2.53 bits per heavy atom. The van der Waals surface area contributed by atoms with Crippen molar-refractivity contribution in [3.63, 3.8) is 0 Å². The van der Waals surface area contributed by atoms with Gasteiger partial charge in [-0.1, -0.05) is 36.7 Å². The van der Waals surface area contributed by atoms with E-state index < -0.39 is 0 Å². The van der Waals surface area contributed by atoms with Gasteiger partial charge < -0.3 is 4.90 Å². The van der Waals surface area contributed by atoms with E-state index in [2.05, 4.69) is 36.7 Å². The monoisotopic (exact) mass is 275 g/mol. The molecule has 2 nitrogen and oxygen atoms in total. The zero-order valence-electron chi connectivity index (χ0n) is 10.1. The fourth-order valence-electron chi connectivity index (χ4n) is 1.87. The van der Waals surface area contributed by atoms with Crippen molar-refractivity contribution in [1.82, 2.24) is 4.90 Å². The summed E-state index contributed by atoms with van der Waals surface area (Å²) in [6.45, 7) is 8.60.